The zero-order valence-electron chi connectivity index (χ0n) is 3.83. The molecule has 4 heteroatoms. The number of hydrogen-bond acceptors (Lipinski definition) is 2. The summed E-state index contributed by atoms with van der Waals surface area (Å²) in [5.41, 5.74) is 7.77. The van der Waals surface area contributed by atoms with Crippen LogP contribution in [0.25, 0.3) is 10.4 Å². The van der Waals surface area contributed by atoms with Crippen molar-refractivity contribution < 1.29 is 0 Å². The van der Waals surface area contributed by atoms with Gasteiger partial charge in [0.25, 0.3) is 0 Å². The van der Waals surface area contributed by atoms with Crippen LogP contribution in [0, 0.1) is 0 Å². The minimum atomic E-state index is 0.482. The van der Waals surface area contributed by atoms with Crippen LogP contribution in [0.3, 0.4) is 0 Å². The lowest BCUT2D eigenvalue weighted by molar-refractivity contribution is 0.929. The number of azide groups is 1. The molecule has 1 aliphatic heterocycles. The molecule has 0 aromatic heterocycles. The predicted octanol–water partition coefficient (Wildman–Crippen LogP) is 0.269. The van der Waals surface area contributed by atoms with Crippen LogP contribution < -0.4 is 5.32 Å². The Kier molecular flexibility index (Phi) is 1.15. The van der Waals surface area contributed by atoms with E-state index in [1.54, 1.807) is 0 Å². The van der Waals surface area contributed by atoms with Crippen molar-refractivity contribution in [3.8, 4) is 0 Å². The normalized spacial score (nSPS) is 26.0. The van der Waals surface area contributed by atoms with Gasteiger partial charge in [-0.05, 0) is 5.53 Å². The highest BCUT2D eigenvalue weighted by Crippen LogP contribution is 1.95. The fourth-order valence-corrected chi connectivity index (χ4v) is 0.348. The molecule has 1 rings (SSSR count). The Morgan fingerprint density at radius 2 is 2.71 bits per heavy atom. The fourth-order valence-electron chi connectivity index (χ4n) is 0.348. The van der Waals surface area contributed by atoms with Crippen molar-refractivity contribution in [2.45, 2.75) is 6.04 Å². The first-order chi connectivity index (χ1) is 3.43. The largest absolute Gasteiger partial charge is 0.311 e. The zero-order valence-corrected chi connectivity index (χ0v) is 3.83. The van der Waals surface area contributed by atoms with Gasteiger partial charge in [-0.1, -0.05) is 5.11 Å². The van der Waals surface area contributed by atoms with Crippen LogP contribution in [0.4, 0.5) is 0 Å². The van der Waals surface area contributed by atoms with Crippen molar-refractivity contribution in [1.82, 2.24) is 5.32 Å². The van der Waals surface area contributed by atoms with Crippen LogP contribution in [0.1, 0.15) is 0 Å². The molecule has 0 bridgehead atoms. The lowest BCUT2D eigenvalue weighted by Crippen LogP contribution is -1.92. The Balaban J connectivity index is 2.09. The molecular weight excluding hydrogens is 92.1 g/mol. The Hall–Kier alpha value is -0.730. The van der Waals surface area contributed by atoms with Gasteiger partial charge in [0.05, 0.1) is 0 Å². The third-order valence-corrected chi connectivity index (χ3v) is 0.858. The van der Waals surface area contributed by atoms with Crippen LogP contribution in [-0.2, 0) is 0 Å². The summed E-state index contributed by atoms with van der Waals surface area (Å²) in [5, 5.41) is 6.36. The highest BCUT2D eigenvalue weighted by molar-refractivity contribution is 4.84. The standard InChI is InChI=1S/C3H6N4/c4-7-6-2-3-1-5-3/h3,5H,1-2H2. The maximum Gasteiger partial charge on any atom is 0.0424 e. The average Bonchev–Trinajstić information content (AvgIpc) is 2.42. The van der Waals surface area contributed by atoms with Crippen LogP contribution >= 0.6 is 0 Å². The van der Waals surface area contributed by atoms with E-state index < -0.39 is 0 Å². The van der Waals surface area contributed by atoms with Gasteiger partial charge < -0.3 is 5.32 Å². The summed E-state index contributed by atoms with van der Waals surface area (Å²) >= 11 is 0. The van der Waals surface area contributed by atoms with Gasteiger partial charge in [-0.15, -0.1) is 0 Å². The van der Waals surface area contributed by atoms with E-state index in [9.17, 15) is 0 Å². The van der Waals surface area contributed by atoms with Crippen molar-refractivity contribution in [1.29, 1.82) is 0 Å². The SMILES string of the molecule is [N-]=[N+]=NCC1CN1. The monoisotopic (exact) mass is 98.1 g/mol. The predicted molar refractivity (Wildman–Crippen MR) is 25.8 cm³/mol. The van der Waals surface area contributed by atoms with Crippen molar-refractivity contribution in [2.24, 2.45) is 5.11 Å². The molecule has 0 amide bonds. The van der Waals surface area contributed by atoms with E-state index in [1.807, 2.05) is 0 Å². The summed E-state index contributed by atoms with van der Waals surface area (Å²) in [5.74, 6) is 0. The average molecular weight is 98.1 g/mol. The topological polar surface area (TPSA) is 70.7 Å². The van der Waals surface area contributed by atoms with Gasteiger partial charge in [-0.2, -0.15) is 0 Å². The third-order valence-electron chi connectivity index (χ3n) is 0.858. The molecule has 7 heavy (non-hydrogen) atoms. The Morgan fingerprint density at radius 3 is 3.14 bits per heavy atom. The molecule has 1 fully saturated rings. The van der Waals surface area contributed by atoms with Gasteiger partial charge >= 0.3 is 0 Å². The van der Waals surface area contributed by atoms with Crippen molar-refractivity contribution in [3.63, 3.8) is 0 Å². The maximum absolute atomic E-state index is 7.77. The van der Waals surface area contributed by atoms with Gasteiger partial charge in [0.2, 0.25) is 0 Å². The second kappa shape index (κ2) is 1.82. The molecule has 0 spiro atoms. The Morgan fingerprint density at radius 1 is 2.00 bits per heavy atom. The van der Waals surface area contributed by atoms with E-state index in [1.165, 1.54) is 0 Å². The molecule has 0 radical (unpaired) electrons. The molecule has 1 unspecified atom stereocenters. The summed E-state index contributed by atoms with van der Waals surface area (Å²) in [4.78, 5) is 2.60. The van der Waals surface area contributed by atoms with Gasteiger partial charge in [0, 0.05) is 24.0 Å². The molecule has 0 aromatic rings. The number of hydrogen-bond donors (Lipinski definition) is 1. The number of nitrogens with one attached hydrogen (secondary N) is 1. The summed E-state index contributed by atoms with van der Waals surface area (Å²) in [6, 6.07) is 0.482. The minimum Gasteiger partial charge on any atom is -0.311 e. The molecule has 1 atom stereocenters. The fraction of sp³-hybridized carbons (Fsp3) is 1.00. The van der Waals surface area contributed by atoms with Crippen molar-refractivity contribution in [2.75, 3.05) is 13.1 Å². The first-order valence-corrected chi connectivity index (χ1v) is 2.17. The van der Waals surface area contributed by atoms with Crippen molar-refractivity contribution in [3.05, 3.63) is 10.4 Å². The molecular formula is C3H6N4. The van der Waals surface area contributed by atoms with E-state index in [0.717, 1.165) is 6.54 Å². The van der Waals surface area contributed by atoms with Gasteiger partial charge in [0.15, 0.2) is 0 Å². The van der Waals surface area contributed by atoms with Crippen LogP contribution in [0.2, 0.25) is 0 Å². The highest BCUT2D eigenvalue weighted by Gasteiger charge is 2.17. The Labute approximate surface area is 41.1 Å². The summed E-state index contributed by atoms with van der Waals surface area (Å²) in [7, 11) is 0. The second-order valence-electron chi connectivity index (χ2n) is 1.52. The number of rotatable bonds is 2. The van der Waals surface area contributed by atoms with Crippen molar-refractivity contribution >= 4 is 0 Å². The lowest BCUT2D eigenvalue weighted by Gasteiger charge is -1.74. The van der Waals surface area contributed by atoms with Crippen LogP contribution in [-0.4, -0.2) is 19.1 Å². The smallest absolute Gasteiger partial charge is 0.0424 e. The van der Waals surface area contributed by atoms with E-state index in [-0.39, 0.29) is 0 Å². The first kappa shape index (κ1) is 4.43. The molecule has 1 N–H and O–H groups in total. The molecule has 1 aliphatic rings. The Bertz CT molecular complexity index is 99.5. The third kappa shape index (κ3) is 1.43. The zero-order chi connectivity index (χ0) is 5.11. The van der Waals surface area contributed by atoms with E-state index >= 15 is 0 Å². The van der Waals surface area contributed by atoms with E-state index in [4.69, 9.17) is 5.53 Å². The van der Waals surface area contributed by atoms with Gasteiger partial charge in [-0.25, -0.2) is 0 Å². The van der Waals surface area contributed by atoms with E-state index in [0.29, 0.717) is 12.6 Å². The number of nitrogens with zero attached hydrogens (tertiary/aromatic N) is 3. The summed E-state index contributed by atoms with van der Waals surface area (Å²) in [6.45, 7) is 1.62. The maximum atomic E-state index is 7.77. The van der Waals surface area contributed by atoms with E-state index in [2.05, 4.69) is 15.3 Å². The van der Waals surface area contributed by atoms with Gasteiger partial charge in [-0.3, -0.25) is 0 Å². The van der Waals surface area contributed by atoms with Crippen LogP contribution in [0.15, 0.2) is 5.11 Å². The molecule has 0 saturated carbocycles. The lowest BCUT2D eigenvalue weighted by atomic mass is 10.5. The molecule has 1 heterocycles. The molecule has 0 aliphatic carbocycles. The van der Waals surface area contributed by atoms with Crippen LogP contribution in [0.5, 0.6) is 0 Å². The van der Waals surface area contributed by atoms with Gasteiger partial charge in [0.1, 0.15) is 0 Å². The molecule has 38 valence electrons. The minimum absolute atomic E-state index is 0.482. The highest BCUT2D eigenvalue weighted by atomic mass is 15.2. The molecule has 4 nitrogen and oxygen atoms in total. The summed E-state index contributed by atoms with van der Waals surface area (Å²) in [6.07, 6.45) is 0. The summed E-state index contributed by atoms with van der Waals surface area (Å²) < 4.78 is 0. The molecule has 0 aromatic carbocycles. The first-order valence-electron chi connectivity index (χ1n) is 2.17. The molecule has 1 saturated heterocycles. The second-order valence-corrected chi connectivity index (χ2v) is 1.52. The quantitative estimate of drug-likeness (QED) is 0.229.